The van der Waals surface area contributed by atoms with Gasteiger partial charge in [-0.1, -0.05) is 32.0 Å². The number of sulfonamides is 1. The van der Waals surface area contributed by atoms with Crippen molar-refractivity contribution >= 4 is 39.7 Å². The van der Waals surface area contributed by atoms with Gasteiger partial charge in [0.15, 0.2) is 0 Å². The highest BCUT2D eigenvalue weighted by Crippen LogP contribution is 2.28. The molecule has 0 aromatic heterocycles. The van der Waals surface area contributed by atoms with Gasteiger partial charge in [0, 0.05) is 5.69 Å². The van der Waals surface area contributed by atoms with E-state index in [0.717, 1.165) is 0 Å². The molecule has 0 aliphatic rings. The molecule has 154 valence electrons. The Morgan fingerprint density at radius 2 is 1.79 bits per heavy atom. The number of halogens is 1. The van der Waals surface area contributed by atoms with Crippen molar-refractivity contribution in [3.63, 3.8) is 0 Å². The number of amides is 1. The lowest BCUT2D eigenvalue weighted by molar-refractivity contribution is -0.118. The molecule has 0 radical (unpaired) electrons. The maximum Gasteiger partial charge on any atom is 0.262 e. The summed E-state index contributed by atoms with van der Waals surface area (Å²) in [6.45, 7) is 5.36. The number of anilines is 2. The Balaban J connectivity index is 0.00000392. The number of rotatable bonds is 7. The first kappa shape index (κ1) is 23.7. The minimum Gasteiger partial charge on any atom is -0.495 e. The van der Waals surface area contributed by atoms with E-state index in [0.29, 0.717) is 22.7 Å². The molecule has 1 atom stereocenters. The van der Waals surface area contributed by atoms with Crippen LogP contribution in [-0.4, -0.2) is 27.5 Å². The minimum atomic E-state index is -3.88. The molecule has 0 saturated carbocycles. The van der Waals surface area contributed by atoms with Crippen LogP contribution in [0.1, 0.15) is 19.4 Å². The minimum absolute atomic E-state index is 0. The largest absolute Gasteiger partial charge is 0.495 e. The molecule has 2 aromatic rings. The second-order valence-corrected chi connectivity index (χ2v) is 8.20. The molecule has 0 saturated heterocycles. The average Bonchev–Trinajstić information content (AvgIpc) is 2.62. The van der Waals surface area contributed by atoms with Crippen molar-refractivity contribution in [3.05, 3.63) is 48.0 Å². The number of hydrogen-bond donors (Lipinski definition) is 3. The van der Waals surface area contributed by atoms with Crippen LogP contribution in [0.25, 0.3) is 0 Å². The maximum atomic E-state index is 12.9. The molecule has 1 amide bonds. The smallest absolute Gasteiger partial charge is 0.262 e. The molecule has 0 fully saturated rings. The van der Waals surface area contributed by atoms with Crippen molar-refractivity contribution in [2.45, 2.75) is 31.7 Å². The zero-order valence-corrected chi connectivity index (χ0v) is 17.9. The summed E-state index contributed by atoms with van der Waals surface area (Å²) >= 11 is 0. The Morgan fingerprint density at radius 3 is 2.39 bits per heavy atom. The van der Waals surface area contributed by atoms with Crippen molar-refractivity contribution in [1.82, 2.24) is 0 Å². The van der Waals surface area contributed by atoms with Gasteiger partial charge in [0.25, 0.3) is 10.0 Å². The molecule has 7 nitrogen and oxygen atoms in total. The molecule has 0 spiro atoms. The van der Waals surface area contributed by atoms with Crippen molar-refractivity contribution in [1.29, 1.82) is 0 Å². The fourth-order valence-electron chi connectivity index (χ4n) is 2.42. The summed E-state index contributed by atoms with van der Waals surface area (Å²) in [7, 11) is -2.42. The highest BCUT2D eigenvalue weighted by atomic mass is 35.5. The van der Waals surface area contributed by atoms with Crippen molar-refractivity contribution in [2.24, 2.45) is 11.7 Å². The summed E-state index contributed by atoms with van der Waals surface area (Å²) in [5.41, 5.74) is 7.08. The number of nitrogens with one attached hydrogen (secondary N) is 2. The van der Waals surface area contributed by atoms with Crippen LogP contribution in [0, 0.1) is 12.8 Å². The molecular weight excluding hydrogens is 402 g/mol. The molecule has 0 bridgehead atoms. The fourth-order valence-corrected chi connectivity index (χ4v) is 3.77. The molecule has 0 heterocycles. The molecule has 2 rings (SSSR count). The molecule has 4 N–H and O–H groups in total. The summed E-state index contributed by atoms with van der Waals surface area (Å²) in [5.74, 6) is 0.00634. The lowest BCUT2D eigenvalue weighted by Crippen LogP contribution is -2.39. The van der Waals surface area contributed by atoms with Crippen molar-refractivity contribution in [2.75, 3.05) is 17.1 Å². The molecular formula is C19H26ClN3O4S. The molecule has 0 aliphatic heterocycles. The van der Waals surface area contributed by atoms with E-state index in [-0.39, 0.29) is 29.1 Å². The van der Waals surface area contributed by atoms with E-state index in [9.17, 15) is 13.2 Å². The van der Waals surface area contributed by atoms with Crippen LogP contribution < -0.4 is 20.5 Å². The Morgan fingerprint density at radius 1 is 1.14 bits per heavy atom. The van der Waals surface area contributed by atoms with Crippen molar-refractivity contribution in [3.8, 4) is 5.75 Å². The number of carbonyl (C=O) groups excluding carboxylic acids is 1. The number of para-hydroxylation sites is 2. The Bertz CT molecular complexity index is 933. The lowest BCUT2D eigenvalue weighted by Gasteiger charge is -2.17. The third kappa shape index (κ3) is 5.60. The van der Waals surface area contributed by atoms with E-state index < -0.39 is 16.1 Å². The van der Waals surface area contributed by atoms with Gasteiger partial charge in [-0.3, -0.25) is 9.52 Å². The van der Waals surface area contributed by atoms with Gasteiger partial charge in [0.2, 0.25) is 5.91 Å². The van der Waals surface area contributed by atoms with Gasteiger partial charge in [-0.2, -0.15) is 0 Å². The normalized spacial score (nSPS) is 12.1. The first-order valence-electron chi connectivity index (χ1n) is 8.48. The van der Waals surface area contributed by atoms with Gasteiger partial charge in [-0.25, -0.2) is 8.42 Å². The van der Waals surface area contributed by atoms with Crippen LogP contribution in [0.5, 0.6) is 5.75 Å². The maximum absolute atomic E-state index is 12.9. The summed E-state index contributed by atoms with van der Waals surface area (Å²) < 4.78 is 33.4. The second-order valence-electron chi connectivity index (χ2n) is 6.55. The first-order valence-corrected chi connectivity index (χ1v) is 9.97. The third-order valence-electron chi connectivity index (χ3n) is 4.12. The zero-order valence-electron chi connectivity index (χ0n) is 16.2. The molecule has 28 heavy (non-hydrogen) atoms. The van der Waals surface area contributed by atoms with Crippen LogP contribution in [-0.2, 0) is 14.8 Å². The molecule has 2 aromatic carbocycles. The number of benzene rings is 2. The van der Waals surface area contributed by atoms with Crippen LogP contribution in [0.2, 0.25) is 0 Å². The van der Waals surface area contributed by atoms with Gasteiger partial charge in [-0.15, -0.1) is 12.4 Å². The van der Waals surface area contributed by atoms with E-state index in [1.54, 1.807) is 43.3 Å². The summed E-state index contributed by atoms with van der Waals surface area (Å²) in [4.78, 5) is 12.2. The Labute approximate surface area is 172 Å². The van der Waals surface area contributed by atoms with Crippen LogP contribution in [0.4, 0.5) is 11.4 Å². The number of hydrogen-bond acceptors (Lipinski definition) is 5. The predicted octanol–water partition coefficient (Wildman–Crippen LogP) is 3.15. The average molecular weight is 428 g/mol. The van der Waals surface area contributed by atoms with Crippen LogP contribution in [0.3, 0.4) is 0 Å². The molecule has 0 unspecified atom stereocenters. The third-order valence-corrected chi connectivity index (χ3v) is 5.62. The summed E-state index contributed by atoms with van der Waals surface area (Å²) in [5, 5.41) is 2.67. The van der Waals surface area contributed by atoms with E-state index in [1.165, 1.54) is 13.2 Å². The summed E-state index contributed by atoms with van der Waals surface area (Å²) in [6.07, 6.45) is 0. The van der Waals surface area contributed by atoms with E-state index in [1.807, 2.05) is 13.8 Å². The SMILES string of the molecule is COc1ccccc1NS(=O)(=O)c1cc(NC(=O)[C@@H](N)C(C)C)ccc1C.Cl. The van der Waals surface area contributed by atoms with E-state index in [4.69, 9.17) is 10.5 Å². The Hall–Kier alpha value is -2.29. The van der Waals surface area contributed by atoms with Crippen LogP contribution >= 0.6 is 12.4 Å². The number of aryl methyl sites for hydroxylation is 1. The standard InChI is InChI=1S/C19H25N3O4S.ClH/c1-12(2)18(20)19(23)21-14-10-9-13(3)17(11-14)27(24,25)22-15-7-5-6-8-16(15)26-4;/h5-12,18,22H,20H2,1-4H3,(H,21,23);1H/t18-;/m0./s1. The fraction of sp³-hybridized carbons (Fsp3) is 0.316. The highest BCUT2D eigenvalue weighted by molar-refractivity contribution is 7.92. The molecule has 0 aliphatic carbocycles. The summed E-state index contributed by atoms with van der Waals surface area (Å²) in [6, 6.07) is 10.7. The van der Waals surface area contributed by atoms with Gasteiger partial charge in [-0.05, 0) is 42.7 Å². The van der Waals surface area contributed by atoms with Crippen LogP contribution in [0.15, 0.2) is 47.4 Å². The highest BCUT2D eigenvalue weighted by Gasteiger charge is 2.21. The Kier molecular flexibility index (Phi) is 8.29. The van der Waals surface area contributed by atoms with Gasteiger partial charge in [0.05, 0.1) is 23.7 Å². The van der Waals surface area contributed by atoms with E-state index >= 15 is 0 Å². The zero-order chi connectivity index (χ0) is 20.2. The monoisotopic (exact) mass is 427 g/mol. The number of nitrogens with two attached hydrogens (primary N) is 1. The quantitative estimate of drug-likeness (QED) is 0.628. The number of carbonyl (C=O) groups is 1. The topological polar surface area (TPSA) is 111 Å². The number of ether oxygens (including phenoxy) is 1. The van der Waals surface area contributed by atoms with Gasteiger partial charge < -0.3 is 15.8 Å². The predicted molar refractivity (Wildman–Crippen MR) is 114 cm³/mol. The second kappa shape index (κ2) is 9.77. The van der Waals surface area contributed by atoms with Crippen molar-refractivity contribution < 1.29 is 17.9 Å². The van der Waals surface area contributed by atoms with E-state index in [2.05, 4.69) is 10.0 Å². The first-order chi connectivity index (χ1) is 12.7. The lowest BCUT2D eigenvalue weighted by atomic mass is 10.0. The van der Waals surface area contributed by atoms with Gasteiger partial charge >= 0.3 is 0 Å². The number of methoxy groups -OCH3 is 1. The van der Waals surface area contributed by atoms with Gasteiger partial charge in [0.1, 0.15) is 5.75 Å². The molecule has 9 heteroatoms.